The number of methoxy groups -OCH3 is 1. The van der Waals surface area contributed by atoms with E-state index in [9.17, 15) is 18.0 Å². The number of thioether (sulfide) groups is 1. The predicted molar refractivity (Wildman–Crippen MR) is 124 cm³/mol. The van der Waals surface area contributed by atoms with Crippen molar-refractivity contribution in [2.45, 2.75) is 36.7 Å². The highest BCUT2D eigenvalue weighted by Gasteiger charge is 2.30. The van der Waals surface area contributed by atoms with Gasteiger partial charge >= 0.3 is 12.1 Å². The second-order valence-electron chi connectivity index (χ2n) is 7.86. The van der Waals surface area contributed by atoms with Crippen molar-refractivity contribution < 1.29 is 22.7 Å². The summed E-state index contributed by atoms with van der Waals surface area (Å²) in [5.74, 6) is 0.526. The van der Waals surface area contributed by atoms with E-state index in [1.807, 2.05) is 6.92 Å². The average molecular weight is 493 g/mol. The molecule has 0 fully saturated rings. The highest BCUT2D eigenvalue weighted by molar-refractivity contribution is 7.98. The predicted octanol–water partition coefficient (Wildman–Crippen LogP) is 5.96. The van der Waals surface area contributed by atoms with E-state index in [-0.39, 0.29) is 5.97 Å². The van der Waals surface area contributed by atoms with Crippen molar-refractivity contribution in [2.24, 2.45) is 0 Å². The van der Waals surface area contributed by atoms with Crippen LogP contribution in [0.4, 0.5) is 13.2 Å². The fourth-order valence-corrected chi connectivity index (χ4v) is 5.87. The molecule has 0 unspecified atom stereocenters. The Bertz CT molecular complexity index is 1140. The summed E-state index contributed by atoms with van der Waals surface area (Å²) in [5.41, 5.74) is 3.47. The maximum Gasteiger partial charge on any atom is 0.416 e. The van der Waals surface area contributed by atoms with Crippen LogP contribution in [0, 0.1) is 6.92 Å². The Labute approximate surface area is 198 Å². The number of carbonyl (C=O) groups excluding carboxylic acids is 1. The van der Waals surface area contributed by atoms with Gasteiger partial charge in [0.05, 0.1) is 24.9 Å². The van der Waals surface area contributed by atoms with Crippen LogP contribution in [0.15, 0.2) is 47.4 Å². The lowest BCUT2D eigenvalue weighted by Gasteiger charge is -2.28. The molecule has 174 valence electrons. The average Bonchev–Trinajstić information content (AvgIpc) is 3.17. The molecule has 2 heterocycles. The Morgan fingerprint density at radius 3 is 2.64 bits per heavy atom. The lowest BCUT2D eigenvalue weighted by atomic mass is 10.00. The molecular weight excluding hydrogens is 469 g/mol. The monoisotopic (exact) mass is 492 g/mol. The molecule has 0 aliphatic carbocycles. The number of rotatable bonds is 6. The molecule has 0 radical (unpaired) electrons. The molecule has 0 atom stereocenters. The van der Waals surface area contributed by atoms with Crippen molar-refractivity contribution in [3.05, 3.63) is 69.7 Å². The highest BCUT2D eigenvalue weighted by Crippen LogP contribution is 2.35. The number of fused-ring (bicyclic) bond motifs is 1. The van der Waals surface area contributed by atoms with Gasteiger partial charge in [0.1, 0.15) is 5.01 Å². The molecule has 4 nitrogen and oxygen atoms in total. The zero-order chi connectivity index (χ0) is 23.6. The summed E-state index contributed by atoms with van der Waals surface area (Å²) < 4.78 is 43.2. The smallest absolute Gasteiger partial charge is 0.416 e. The van der Waals surface area contributed by atoms with E-state index in [4.69, 9.17) is 4.74 Å². The summed E-state index contributed by atoms with van der Waals surface area (Å²) in [7, 11) is 1.40. The minimum absolute atomic E-state index is 0.221. The van der Waals surface area contributed by atoms with Gasteiger partial charge in [0.25, 0.3) is 0 Å². The summed E-state index contributed by atoms with van der Waals surface area (Å²) in [6.07, 6.45) is -3.45. The zero-order valence-electron chi connectivity index (χ0n) is 18.2. The maximum absolute atomic E-state index is 12.8. The highest BCUT2D eigenvalue weighted by atomic mass is 32.2. The van der Waals surface area contributed by atoms with Gasteiger partial charge in [-0.3, -0.25) is 9.69 Å². The van der Waals surface area contributed by atoms with Gasteiger partial charge in [-0.25, -0.2) is 4.98 Å². The third-order valence-electron chi connectivity index (χ3n) is 5.57. The van der Waals surface area contributed by atoms with Crippen molar-refractivity contribution in [2.75, 3.05) is 20.2 Å². The molecule has 1 aliphatic heterocycles. The van der Waals surface area contributed by atoms with Crippen molar-refractivity contribution >= 4 is 29.1 Å². The maximum atomic E-state index is 12.8. The topological polar surface area (TPSA) is 42.4 Å². The molecule has 9 heteroatoms. The fraction of sp³-hybridized carbons (Fsp3) is 0.333. The van der Waals surface area contributed by atoms with Crippen LogP contribution >= 0.6 is 23.1 Å². The lowest BCUT2D eigenvalue weighted by Crippen LogP contribution is -2.35. The Hall–Kier alpha value is -2.36. The van der Waals surface area contributed by atoms with Crippen LogP contribution in [-0.4, -0.2) is 36.1 Å². The standard InChI is InChI=1S/C24H23F3N2O2S2/c1-15-21(33-23(28-15)16-3-6-19(7-4-16)24(25,26)27)14-32-20-8-5-18-12-29(13-22(30)31-2)10-9-17(18)11-20/h3-8,11H,9-10,12-14H2,1-2H3. The summed E-state index contributed by atoms with van der Waals surface area (Å²) in [6.45, 7) is 3.79. The minimum atomic E-state index is -4.34. The van der Waals surface area contributed by atoms with Crippen LogP contribution < -0.4 is 0 Å². The van der Waals surface area contributed by atoms with Crippen molar-refractivity contribution in [1.29, 1.82) is 0 Å². The number of hydrogen-bond donors (Lipinski definition) is 0. The molecule has 4 rings (SSSR count). The summed E-state index contributed by atoms with van der Waals surface area (Å²) >= 11 is 3.24. The van der Waals surface area contributed by atoms with Gasteiger partial charge in [0, 0.05) is 34.2 Å². The normalized spacial score (nSPS) is 14.2. The molecule has 1 aromatic heterocycles. The van der Waals surface area contributed by atoms with Crippen LogP contribution in [0.2, 0.25) is 0 Å². The summed E-state index contributed by atoms with van der Waals surface area (Å²) in [6, 6.07) is 11.6. The number of carbonyl (C=O) groups is 1. The van der Waals surface area contributed by atoms with E-state index < -0.39 is 11.7 Å². The number of alkyl halides is 3. The molecule has 2 aromatic carbocycles. The number of thiazole rings is 1. The first-order valence-corrected chi connectivity index (χ1v) is 12.2. The first kappa shape index (κ1) is 23.8. The van der Waals surface area contributed by atoms with E-state index in [0.29, 0.717) is 12.1 Å². The first-order valence-electron chi connectivity index (χ1n) is 10.4. The molecular formula is C24H23F3N2O2S2. The molecule has 33 heavy (non-hydrogen) atoms. The lowest BCUT2D eigenvalue weighted by molar-refractivity contribution is -0.142. The second kappa shape index (κ2) is 9.87. The summed E-state index contributed by atoms with van der Waals surface area (Å²) in [5, 5.41) is 0.730. The molecule has 0 saturated carbocycles. The quantitative estimate of drug-likeness (QED) is 0.314. The van der Waals surface area contributed by atoms with Gasteiger partial charge in [-0.05, 0) is 48.7 Å². The van der Waals surface area contributed by atoms with E-state index in [2.05, 4.69) is 28.1 Å². The van der Waals surface area contributed by atoms with Gasteiger partial charge in [-0.1, -0.05) is 18.2 Å². The Morgan fingerprint density at radius 2 is 1.94 bits per heavy atom. The van der Waals surface area contributed by atoms with Crippen LogP contribution in [0.1, 0.15) is 27.3 Å². The minimum Gasteiger partial charge on any atom is -0.468 e. The summed E-state index contributed by atoms with van der Waals surface area (Å²) in [4.78, 5) is 20.5. The number of ether oxygens (including phenoxy) is 1. The van der Waals surface area contributed by atoms with Crippen LogP contribution in [0.3, 0.4) is 0 Å². The Balaban J connectivity index is 1.40. The Kier molecular flexibility index (Phi) is 7.11. The van der Waals surface area contributed by atoms with Crippen LogP contribution in [-0.2, 0) is 34.4 Å². The first-order chi connectivity index (χ1) is 15.7. The van der Waals surface area contributed by atoms with Crippen LogP contribution in [0.25, 0.3) is 10.6 Å². The third-order valence-corrected chi connectivity index (χ3v) is 7.98. The third kappa shape index (κ3) is 5.77. The van der Waals surface area contributed by atoms with E-state index >= 15 is 0 Å². The number of benzene rings is 2. The zero-order valence-corrected chi connectivity index (χ0v) is 19.9. The molecule has 0 spiro atoms. The van der Waals surface area contributed by atoms with Gasteiger partial charge in [0.15, 0.2) is 0 Å². The van der Waals surface area contributed by atoms with Gasteiger partial charge in [-0.2, -0.15) is 13.2 Å². The molecule has 0 N–H and O–H groups in total. The molecule has 0 saturated heterocycles. The number of hydrogen-bond acceptors (Lipinski definition) is 6. The number of nitrogens with zero attached hydrogens (tertiary/aromatic N) is 2. The van der Waals surface area contributed by atoms with Crippen molar-refractivity contribution in [3.63, 3.8) is 0 Å². The molecule has 3 aromatic rings. The van der Waals surface area contributed by atoms with E-state index in [1.54, 1.807) is 11.8 Å². The fourth-order valence-electron chi connectivity index (χ4n) is 3.70. The number of aryl methyl sites for hydroxylation is 1. The molecule has 1 aliphatic rings. The SMILES string of the molecule is COC(=O)CN1CCc2cc(SCc3sc(-c4ccc(C(F)(F)F)cc4)nc3C)ccc2C1. The van der Waals surface area contributed by atoms with Gasteiger partial charge in [0.2, 0.25) is 0 Å². The van der Waals surface area contributed by atoms with Crippen molar-refractivity contribution in [1.82, 2.24) is 9.88 Å². The van der Waals surface area contributed by atoms with Crippen molar-refractivity contribution in [3.8, 4) is 10.6 Å². The second-order valence-corrected chi connectivity index (χ2v) is 9.99. The number of aromatic nitrogens is 1. The van der Waals surface area contributed by atoms with E-state index in [1.165, 1.54) is 46.6 Å². The largest absolute Gasteiger partial charge is 0.468 e. The van der Waals surface area contributed by atoms with Gasteiger partial charge < -0.3 is 4.74 Å². The number of halogens is 3. The van der Waals surface area contributed by atoms with E-state index in [0.717, 1.165) is 53.0 Å². The Morgan fingerprint density at radius 1 is 1.18 bits per heavy atom. The van der Waals surface area contributed by atoms with Gasteiger partial charge in [-0.15, -0.1) is 23.1 Å². The van der Waals surface area contributed by atoms with Crippen LogP contribution in [0.5, 0.6) is 0 Å². The molecule has 0 bridgehead atoms. The number of esters is 1. The molecule has 0 amide bonds.